The highest BCUT2D eigenvalue weighted by Crippen LogP contribution is 2.17. The number of hydrogen-bond acceptors (Lipinski definition) is 4. The highest BCUT2D eigenvalue weighted by molar-refractivity contribution is 5.81. The highest BCUT2D eigenvalue weighted by atomic mass is 16.6. The number of carbonyl (C=O) groups excluding carboxylic acids is 2. The van der Waals surface area contributed by atoms with Crippen LogP contribution in [0.3, 0.4) is 0 Å². The van der Waals surface area contributed by atoms with E-state index in [4.69, 9.17) is 10.5 Å². The fraction of sp³-hybridized carbons (Fsp3) is 0.882. The smallest absolute Gasteiger partial charge is 0.409 e. The maximum atomic E-state index is 12.0. The third kappa shape index (κ3) is 7.68. The number of ether oxygens (including phenoxy) is 1. The first-order valence-corrected chi connectivity index (χ1v) is 8.74. The highest BCUT2D eigenvalue weighted by Gasteiger charge is 2.25. The van der Waals surface area contributed by atoms with Crippen LogP contribution < -0.4 is 11.1 Å². The molecule has 23 heavy (non-hydrogen) atoms. The minimum Gasteiger partial charge on any atom is -0.449 e. The zero-order valence-electron chi connectivity index (χ0n) is 15.0. The van der Waals surface area contributed by atoms with Gasteiger partial charge in [-0.25, -0.2) is 4.79 Å². The van der Waals surface area contributed by atoms with Crippen LogP contribution in [0.2, 0.25) is 0 Å². The molecule has 2 amide bonds. The van der Waals surface area contributed by atoms with Crippen molar-refractivity contribution < 1.29 is 14.3 Å². The lowest BCUT2D eigenvalue weighted by molar-refractivity contribution is -0.122. The second-order valence-corrected chi connectivity index (χ2v) is 7.41. The van der Waals surface area contributed by atoms with Gasteiger partial charge in [0.25, 0.3) is 0 Å². The summed E-state index contributed by atoms with van der Waals surface area (Å²) in [6, 6.07) is -0.453. The molecule has 1 saturated heterocycles. The number of nitrogens with one attached hydrogen (secondary N) is 1. The Bertz CT molecular complexity index is 385. The standard InChI is InChI=1S/C17H33N3O3/c1-12(2)8-15(18)16(21)19-9-14-6-5-7-20(10-14)17(22)23-11-13(3)4/h12-15H,5-11,18H2,1-4H3,(H,19,21)/t14?,15-/m0/s1. The molecule has 0 bridgehead atoms. The third-order valence-electron chi connectivity index (χ3n) is 3.94. The molecule has 1 heterocycles. The lowest BCUT2D eigenvalue weighted by Crippen LogP contribution is -2.47. The van der Waals surface area contributed by atoms with Crippen molar-refractivity contribution in [3.8, 4) is 0 Å². The molecule has 6 heteroatoms. The Morgan fingerprint density at radius 3 is 2.57 bits per heavy atom. The predicted octanol–water partition coefficient (Wildman–Crippen LogP) is 1.98. The normalized spacial score (nSPS) is 19.8. The average Bonchev–Trinajstić information content (AvgIpc) is 2.49. The molecule has 1 aliphatic rings. The molecule has 1 aliphatic heterocycles. The van der Waals surface area contributed by atoms with Crippen molar-refractivity contribution in [3.63, 3.8) is 0 Å². The molecule has 0 aromatic carbocycles. The lowest BCUT2D eigenvalue weighted by Gasteiger charge is -2.32. The summed E-state index contributed by atoms with van der Waals surface area (Å²) >= 11 is 0. The molecule has 0 radical (unpaired) electrons. The Kier molecular flexibility index (Phi) is 8.37. The fourth-order valence-corrected chi connectivity index (χ4v) is 2.72. The van der Waals surface area contributed by atoms with Gasteiger partial charge < -0.3 is 20.7 Å². The summed E-state index contributed by atoms with van der Waals surface area (Å²) in [5, 5.41) is 2.92. The molecule has 1 rings (SSSR count). The van der Waals surface area contributed by atoms with Crippen LogP contribution in [0, 0.1) is 17.8 Å². The van der Waals surface area contributed by atoms with Crippen LogP contribution >= 0.6 is 0 Å². The van der Waals surface area contributed by atoms with Crippen LogP contribution in [0.25, 0.3) is 0 Å². The molecule has 3 N–H and O–H groups in total. The van der Waals surface area contributed by atoms with E-state index in [1.54, 1.807) is 4.90 Å². The van der Waals surface area contributed by atoms with Crippen LogP contribution in [-0.2, 0) is 9.53 Å². The molecule has 0 saturated carbocycles. The maximum Gasteiger partial charge on any atom is 0.409 e. The van der Waals surface area contributed by atoms with E-state index in [9.17, 15) is 9.59 Å². The number of likely N-dealkylation sites (tertiary alicyclic amines) is 1. The van der Waals surface area contributed by atoms with E-state index in [0.717, 1.165) is 19.4 Å². The van der Waals surface area contributed by atoms with E-state index in [2.05, 4.69) is 19.2 Å². The van der Waals surface area contributed by atoms with Gasteiger partial charge in [0, 0.05) is 19.6 Å². The van der Waals surface area contributed by atoms with Crippen molar-refractivity contribution >= 4 is 12.0 Å². The molecule has 0 aromatic heterocycles. The second-order valence-electron chi connectivity index (χ2n) is 7.41. The fourth-order valence-electron chi connectivity index (χ4n) is 2.72. The van der Waals surface area contributed by atoms with Crippen molar-refractivity contribution in [1.82, 2.24) is 10.2 Å². The number of piperidine rings is 1. The monoisotopic (exact) mass is 327 g/mol. The van der Waals surface area contributed by atoms with Crippen molar-refractivity contribution in [2.24, 2.45) is 23.5 Å². The van der Waals surface area contributed by atoms with Gasteiger partial charge in [0.2, 0.25) is 5.91 Å². The summed E-state index contributed by atoms with van der Waals surface area (Å²) in [6.07, 6.45) is 2.39. The van der Waals surface area contributed by atoms with Crippen LogP contribution in [0.15, 0.2) is 0 Å². The number of amides is 2. The molecule has 1 unspecified atom stereocenters. The Hall–Kier alpha value is -1.30. The van der Waals surface area contributed by atoms with Gasteiger partial charge in [-0.05, 0) is 37.0 Å². The van der Waals surface area contributed by atoms with Gasteiger partial charge in [-0.3, -0.25) is 4.79 Å². The van der Waals surface area contributed by atoms with E-state index in [-0.39, 0.29) is 17.9 Å². The first-order valence-electron chi connectivity index (χ1n) is 8.74. The minimum absolute atomic E-state index is 0.0989. The Morgan fingerprint density at radius 1 is 1.26 bits per heavy atom. The van der Waals surface area contributed by atoms with E-state index < -0.39 is 6.04 Å². The van der Waals surface area contributed by atoms with E-state index in [1.165, 1.54) is 0 Å². The summed E-state index contributed by atoms with van der Waals surface area (Å²) in [5.41, 5.74) is 5.88. The number of nitrogens with two attached hydrogens (primary N) is 1. The van der Waals surface area contributed by atoms with Gasteiger partial charge in [-0.15, -0.1) is 0 Å². The summed E-state index contributed by atoms with van der Waals surface area (Å²) in [6.45, 7) is 10.5. The van der Waals surface area contributed by atoms with Crippen molar-refractivity contribution in [3.05, 3.63) is 0 Å². The molecule has 0 spiro atoms. The minimum atomic E-state index is -0.453. The zero-order valence-corrected chi connectivity index (χ0v) is 15.0. The van der Waals surface area contributed by atoms with Crippen molar-refractivity contribution in [2.45, 2.75) is 53.0 Å². The van der Waals surface area contributed by atoms with Gasteiger partial charge in [0.1, 0.15) is 0 Å². The quantitative estimate of drug-likeness (QED) is 0.749. The molecule has 2 atom stereocenters. The van der Waals surface area contributed by atoms with Crippen LogP contribution in [0.1, 0.15) is 47.0 Å². The summed E-state index contributed by atoms with van der Waals surface area (Å²) in [7, 11) is 0. The average molecular weight is 327 g/mol. The van der Waals surface area contributed by atoms with Gasteiger partial charge >= 0.3 is 6.09 Å². The van der Waals surface area contributed by atoms with Crippen LogP contribution in [0.5, 0.6) is 0 Å². The molecule has 0 aliphatic carbocycles. The zero-order chi connectivity index (χ0) is 17.4. The van der Waals surface area contributed by atoms with Crippen LogP contribution in [-0.4, -0.2) is 49.2 Å². The molecule has 134 valence electrons. The maximum absolute atomic E-state index is 12.0. The van der Waals surface area contributed by atoms with E-state index in [0.29, 0.717) is 38.0 Å². The molecular weight excluding hydrogens is 294 g/mol. The number of carbonyl (C=O) groups is 2. The SMILES string of the molecule is CC(C)COC(=O)N1CCCC(CNC(=O)[C@@H](N)CC(C)C)C1. The largest absolute Gasteiger partial charge is 0.449 e. The Morgan fingerprint density at radius 2 is 1.96 bits per heavy atom. The Balaban J connectivity index is 2.35. The van der Waals surface area contributed by atoms with Crippen molar-refractivity contribution in [1.29, 1.82) is 0 Å². The van der Waals surface area contributed by atoms with E-state index >= 15 is 0 Å². The topological polar surface area (TPSA) is 84.7 Å². The summed E-state index contributed by atoms with van der Waals surface area (Å²) < 4.78 is 5.28. The molecule has 6 nitrogen and oxygen atoms in total. The second kappa shape index (κ2) is 9.75. The molecular formula is C17H33N3O3. The first kappa shape index (κ1) is 19.7. The van der Waals surface area contributed by atoms with Gasteiger partial charge in [0.05, 0.1) is 12.6 Å². The number of nitrogens with zero attached hydrogens (tertiary/aromatic N) is 1. The molecule has 0 aromatic rings. The first-order chi connectivity index (χ1) is 10.8. The summed E-state index contributed by atoms with van der Waals surface area (Å²) in [5.74, 6) is 0.904. The predicted molar refractivity (Wildman–Crippen MR) is 90.9 cm³/mol. The van der Waals surface area contributed by atoms with Gasteiger partial charge in [-0.2, -0.15) is 0 Å². The number of rotatable bonds is 7. The summed E-state index contributed by atoms with van der Waals surface area (Å²) in [4.78, 5) is 25.7. The lowest BCUT2D eigenvalue weighted by atomic mass is 9.98. The van der Waals surface area contributed by atoms with Crippen LogP contribution in [0.4, 0.5) is 4.79 Å². The molecule has 1 fully saturated rings. The van der Waals surface area contributed by atoms with Crippen molar-refractivity contribution in [2.75, 3.05) is 26.2 Å². The van der Waals surface area contributed by atoms with Gasteiger partial charge in [0.15, 0.2) is 0 Å². The van der Waals surface area contributed by atoms with E-state index in [1.807, 2.05) is 13.8 Å². The third-order valence-corrected chi connectivity index (χ3v) is 3.94. The Labute approximate surface area is 140 Å². The van der Waals surface area contributed by atoms with Gasteiger partial charge in [-0.1, -0.05) is 27.7 Å². The number of hydrogen-bond donors (Lipinski definition) is 2.